The second-order valence-corrected chi connectivity index (χ2v) is 3.71. The lowest BCUT2D eigenvalue weighted by atomic mass is 10.2. The molecule has 0 fully saturated rings. The average molecular weight is 231 g/mol. The maximum absolute atomic E-state index is 12.1. The predicted molar refractivity (Wildman–Crippen MR) is 54.2 cm³/mol. The first-order valence-electron chi connectivity index (χ1n) is 4.71. The zero-order valence-corrected chi connectivity index (χ0v) is 9.01. The van der Waals surface area contributed by atoms with Crippen molar-refractivity contribution in [1.82, 2.24) is 4.57 Å². The lowest BCUT2D eigenvalue weighted by Crippen LogP contribution is -2.22. The fourth-order valence-electron chi connectivity index (χ4n) is 1.14. The zero-order valence-electron chi connectivity index (χ0n) is 9.01. The quantitative estimate of drug-likeness (QED) is 0.578. The van der Waals surface area contributed by atoms with Crippen molar-refractivity contribution in [2.75, 3.05) is 0 Å². The SMILES string of the molecule is CC(C)=CCn1ccc(C(=O)C(F)(F)F)c1. The number of ketones is 1. The van der Waals surface area contributed by atoms with E-state index in [2.05, 4.69) is 0 Å². The molecule has 1 aromatic heterocycles. The summed E-state index contributed by atoms with van der Waals surface area (Å²) < 4.78 is 37.8. The molecule has 0 aliphatic carbocycles. The van der Waals surface area contributed by atoms with Gasteiger partial charge in [-0.15, -0.1) is 0 Å². The predicted octanol–water partition coefficient (Wildman–Crippen LogP) is 3.20. The highest BCUT2D eigenvalue weighted by Crippen LogP contribution is 2.21. The largest absolute Gasteiger partial charge is 0.454 e. The summed E-state index contributed by atoms with van der Waals surface area (Å²) in [6, 6.07) is 1.18. The van der Waals surface area contributed by atoms with Gasteiger partial charge in [0, 0.05) is 24.5 Å². The summed E-state index contributed by atoms with van der Waals surface area (Å²) in [6.45, 7) is 4.25. The highest BCUT2D eigenvalue weighted by atomic mass is 19.4. The van der Waals surface area contributed by atoms with Crippen LogP contribution in [0, 0.1) is 0 Å². The van der Waals surface area contributed by atoms with E-state index in [0.29, 0.717) is 6.54 Å². The highest BCUT2D eigenvalue weighted by Gasteiger charge is 2.39. The number of halogens is 3. The molecule has 0 radical (unpaired) electrons. The molecule has 0 unspecified atom stereocenters. The van der Waals surface area contributed by atoms with Crippen molar-refractivity contribution in [2.45, 2.75) is 26.6 Å². The molecule has 88 valence electrons. The van der Waals surface area contributed by atoms with Crippen LogP contribution in [0.5, 0.6) is 0 Å². The number of allylic oxidation sites excluding steroid dienone is 2. The van der Waals surface area contributed by atoms with Crippen LogP contribution in [0.1, 0.15) is 24.2 Å². The first-order valence-corrected chi connectivity index (χ1v) is 4.71. The van der Waals surface area contributed by atoms with Gasteiger partial charge in [0.15, 0.2) is 0 Å². The molecule has 0 amide bonds. The van der Waals surface area contributed by atoms with Crippen LogP contribution in [0.4, 0.5) is 13.2 Å². The number of alkyl halides is 3. The fourth-order valence-corrected chi connectivity index (χ4v) is 1.14. The van der Waals surface area contributed by atoms with Crippen molar-refractivity contribution in [3.63, 3.8) is 0 Å². The van der Waals surface area contributed by atoms with E-state index in [4.69, 9.17) is 0 Å². The molecule has 1 rings (SSSR count). The second-order valence-electron chi connectivity index (χ2n) is 3.71. The van der Waals surface area contributed by atoms with E-state index in [0.717, 1.165) is 5.57 Å². The number of rotatable bonds is 3. The molecule has 0 aromatic carbocycles. The summed E-state index contributed by atoms with van der Waals surface area (Å²) in [4.78, 5) is 10.9. The van der Waals surface area contributed by atoms with E-state index in [-0.39, 0.29) is 5.56 Å². The molecule has 0 saturated carbocycles. The number of aromatic nitrogens is 1. The van der Waals surface area contributed by atoms with Gasteiger partial charge in [-0.1, -0.05) is 11.6 Å². The highest BCUT2D eigenvalue weighted by molar-refractivity contribution is 6.00. The van der Waals surface area contributed by atoms with Crippen molar-refractivity contribution < 1.29 is 18.0 Å². The van der Waals surface area contributed by atoms with E-state index in [9.17, 15) is 18.0 Å². The lowest BCUT2D eigenvalue weighted by Gasteiger charge is -2.02. The van der Waals surface area contributed by atoms with Gasteiger partial charge in [-0.05, 0) is 19.9 Å². The first-order chi connectivity index (χ1) is 7.30. The molecule has 0 aliphatic rings. The Balaban J connectivity index is 2.80. The minimum atomic E-state index is -4.80. The Morgan fingerprint density at radius 1 is 1.44 bits per heavy atom. The van der Waals surface area contributed by atoms with Crippen molar-refractivity contribution >= 4 is 5.78 Å². The summed E-state index contributed by atoms with van der Waals surface area (Å²) in [7, 11) is 0. The Hall–Kier alpha value is -1.52. The van der Waals surface area contributed by atoms with Crippen LogP contribution in [0.25, 0.3) is 0 Å². The summed E-state index contributed by atoms with van der Waals surface area (Å²) >= 11 is 0. The molecule has 1 aromatic rings. The molecular formula is C11H12F3NO. The van der Waals surface area contributed by atoms with Gasteiger partial charge in [0.25, 0.3) is 5.78 Å². The van der Waals surface area contributed by atoms with Gasteiger partial charge in [0.1, 0.15) is 0 Å². The number of nitrogens with zero attached hydrogens (tertiary/aromatic N) is 1. The van der Waals surface area contributed by atoms with Crippen molar-refractivity contribution in [1.29, 1.82) is 0 Å². The van der Waals surface area contributed by atoms with Gasteiger partial charge in [-0.25, -0.2) is 0 Å². The lowest BCUT2D eigenvalue weighted by molar-refractivity contribution is -0.0885. The molecular weight excluding hydrogens is 219 g/mol. The Morgan fingerprint density at radius 3 is 2.56 bits per heavy atom. The first kappa shape index (κ1) is 12.5. The third-order valence-corrected chi connectivity index (χ3v) is 1.98. The zero-order chi connectivity index (χ0) is 12.3. The summed E-state index contributed by atoms with van der Waals surface area (Å²) in [5.74, 6) is -1.80. The van der Waals surface area contributed by atoms with Gasteiger partial charge in [-0.3, -0.25) is 4.79 Å². The number of hydrogen-bond donors (Lipinski definition) is 0. The molecule has 2 nitrogen and oxygen atoms in total. The fraction of sp³-hybridized carbons (Fsp3) is 0.364. The molecule has 1 heterocycles. The smallest absolute Gasteiger partial charge is 0.350 e. The number of Topliss-reactive ketones (excluding diaryl/α,β-unsaturated/α-hetero) is 1. The molecule has 0 spiro atoms. The van der Waals surface area contributed by atoms with Crippen LogP contribution < -0.4 is 0 Å². The number of carbonyl (C=O) groups is 1. The maximum atomic E-state index is 12.1. The van der Waals surface area contributed by atoms with Gasteiger partial charge in [0.2, 0.25) is 0 Å². The standard InChI is InChI=1S/C11H12F3NO/c1-8(2)3-5-15-6-4-9(7-15)10(16)11(12,13)14/h3-4,6-7H,5H2,1-2H3. The third-order valence-electron chi connectivity index (χ3n) is 1.98. The summed E-state index contributed by atoms with van der Waals surface area (Å²) in [6.07, 6.45) is -0.280. The van der Waals surface area contributed by atoms with Crippen LogP contribution in [0.2, 0.25) is 0 Å². The maximum Gasteiger partial charge on any atom is 0.454 e. The summed E-state index contributed by atoms with van der Waals surface area (Å²) in [5.41, 5.74) is 0.743. The molecule has 0 saturated heterocycles. The Labute approximate surface area is 91.4 Å². The van der Waals surface area contributed by atoms with Gasteiger partial charge in [-0.2, -0.15) is 13.2 Å². The second kappa shape index (κ2) is 4.55. The van der Waals surface area contributed by atoms with E-state index >= 15 is 0 Å². The molecule has 0 bridgehead atoms. The Kier molecular flexibility index (Phi) is 3.57. The summed E-state index contributed by atoms with van der Waals surface area (Å²) in [5, 5.41) is 0. The van der Waals surface area contributed by atoms with Crippen LogP contribution in [0.3, 0.4) is 0 Å². The molecule has 16 heavy (non-hydrogen) atoms. The number of carbonyl (C=O) groups excluding carboxylic acids is 1. The monoisotopic (exact) mass is 231 g/mol. The Bertz CT molecular complexity index is 411. The molecule has 5 heteroatoms. The third kappa shape index (κ3) is 3.25. The minimum absolute atomic E-state index is 0.324. The van der Waals surface area contributed by atoms with E-state index < -0.39 is 12.0 Å². The van der Waals surface area contributed by atoms with Crippen molar-refractivity contribution in [2.24, 2.45) is 0 Å². The topological polar surface area (TPSA) is 22.0 Å². The average Bonchev–Trinajstić information content (AvgIpc) is 2.60. The molecule has 0 atom stereocenters. The Morgan fingerprint density at radius 2 is 2.06 bits per heavy atom. The van der Waals surface area contributed by atoms with Gasteiger partial charge >= 0.3 is 6.18 Å². The van der Waals surface area contributed by atoms with Crippen LogP contribution >= 0.6 is 0 Å². The molecule has 0 N–H and O–H groups in total. The van der Waals surface area contributed by atoms with E-state index in [1.165, 1.54) is 23.0 Å². The van der Waals surface area contributed by atoms with E-state index in [1.54, 1.807) is 0 Å². The number of hydrogen-bond acceptors (Lipinski definition) is 1. The van der Waals surface area contributed by atoms with Crippen LogP contribution in [-0.2, 0) is 6.54 Å². The molecule has 0 aliphatic heterocycles. The van der Waals surface area contributed by atoms with E-state index in [1.807, 2.05) is 19.9 Å². The normalized spacial score (nSPS) is 11.3. The van der Waals surface area contributed by atoms with Crippen molar-refractivity contribution in [3.05, 3.63) is 35.7 Å². The van der Waals surface area contributed by atoms with Crippen LogP contribution in [-0.4, -0.2) is 16.5 Å². The van der Waals surface area contributed by atoms with Gasteiger partial charge < -0.3 is 4.57 Å². The van der Waals surface area contributed by atoms with Crippen LogP contribution in [0.15, 0.2) is 30.1 Å². The van der Waals surface area contributed by atoms with Gasteiger partial charge in [0.05, 0.1) is 0 Å². The van der Waals surface area contributed by atoms with Crippen molar-refractivity contribution in [3.8, 4) is 0 Å². The minimum Gasteiger partial charge on any atom is -0.350 e.